The minimum atomic E-state index is -1.14. The largest absolute Gasteiger partial charge is 0.352 e. The Labute approximate surface area is 230 Å². The van der Waals surface area contributed by atoms with Crippen molar-refractivity contribution in [3.05, 3.63) is 80.8 Å². The number of carbonyl (C=O) groups is 2. The van der Waals surface area contributed by atoms with Crippen molar-refractivity contribution in [1.29, 1.82) is 0 Å². The molecule has 0 spiro atoms. The zero-order valence-electron chi connectivity index (χ0n) is 21.8. The Bertz CT molecular complexity index is 1430. The molecular weight excluding hydrogens is 552 g/mol. The predicted octanol–water partition coefficient (Wildman–Crippen LogP) is 3.82. The minimum Gasteiger partial charge on any atom is -0.352 e. The first-order valence-corrected chi connectivity index (χ1v) is 12.1. The van der Waals surface area contributed by atoms with Gasteiger partial charge in [-0.05, 0) is 12.8 Å². The molecule has 0 fully saturated rings. The van der Waals surface area contributed by atoms with Crippen molar-refractivity contribution >= 4 is 45.9 Å². The van der Waals surface area contributed by atoms with Crippen molar-refractivity contribution in [3.63, 3.8) is 0 Å². The lowest BCUT2D eigenvalue weighted by atomic mass is 10.1. The first-order valence-electron chi connectivity index (χ1n) is 12.1. The Kier molecular flexibility index (Phi) is 10.8. The van der Waals surface area contributed by atoms with Gasteiger partial charge in [0.05, 0.1) is 42.8 Å². The Morgan fingerprint density at radius 3 is 1.49 bits per heavy atom. The molecule has 41 heavy (non-hydrogen) atoms. The maximum absolute atomic E-state index is 13.3. The highest BCUT2D eigenvalue weighted by molar-refractivity contribution is 6.04. The van der Waals surface area contributed by atoms with E-state index in [2.05, 4.69) is 10.6 Å². The third-order valence-electron chi connectivity index (χ3n) is 5.53. The number of hydrazine groups is 1. The fourth-order valence-corrected chi connectivity index (χ4v) is 3.53. The van der Waals surface area contributed by atoms with Crippen molar-refractivity contribution in [2.45, 2.75) is 39.5 Å². The topological polar surface area (TPSA) is 263 Å². The number of amides is 2. The van der Waals surface area contributed by atoms with E-state index in [1.807, 2.05) is 5.43 Å². The van der Waals surface area contributed by atoms with Crippen LogP contribution < -0.4 is 16.1 Å². The second kappa shape index (κ2) is 14.0. The summed E-state index contributed by atoms with van der Waals surface area (Å²) in [5.74, 6) is -2.22. The monoisotopic (exact) mass is 577 g/mol. The first-order chi connectivity index (χ1) is 19.3. The third kappa shape index (κ3) is 7.71. The fourth-order valence-electron chi connectivity index (χ4n) is 3.53. The van der Waals surface area contributed by atoms with Crippen molar-refractivity contribution in [3.8, 4) is 0 Å². The van der Waals surface area contributed by atoms with Crippen molar-refractivity contribution in [1.82, 2.24) is 10.6 Å². The Balaban J connectivity index is 2.79. The van der Waals surface area contributed by atoms with Gasteiger partial charge in [-0.15, -0.1) is 5.43 Å². The number of carbonyl (C=O) groups excluding carboxylic acids is 2. The van der Waals surface area contributed by atoms with E-state index >= 15 is 0 Å². The number of non-ortho nitro benzene ring substituents is 2. The number of benzene rings is 2. The Morgan fingerprint density at radius 1 is 0.634 bits per heavy atom. The molecule has 0 aliphatic rings. The summed E-state index contributed by atoms with van der Waals surface area (Å²) in [4.78, 5) is 80.8. The van der Waals surface area contributed by atoms with Crippen LogP contribution in [0, 0.1) is 45.4 Å². The van der Waals surface area contributed by atoms with Gasteiger partial charge in [0, 0.05) is 19.2 Å². The van der Waals surface area contributed by atoms with Gasteiger partial charge >= 0.3 is 5.69 Å². The lowest BCUT2D eigenvalue weighted by Crippen LogP contribution is -2.28. The molecule has 218 valence electrons. The van der Waals surface area contributed by atoms with Crippen LogP contribution in [0.4, 0.5) is 34.1 Å². The molecule has 0 atom stereocenters. The summed E-state index contributed by atoms with van der Waals surface area (Å²) in [6.45, 7) is 3.69. The van der Waals surface area contributed by atoms with Crippen LogP contribution in [0.15, 0.2) is 24.3 Å². The number of nitro groups is 4. The molecule has 0 aliphatic carbocycles. The van der Waals surface area contributed by atoms with Crippen LogP contribution in [0.25, 0.3) is 0 Å². The van der Waals surface area contributed by atoms with E-state index < -0.39 is 76.8 Å². The summed E-state index contributed by atoms with van der Waals surface area (Å²) in [6, 6.07) is 2.13. The van der Waals surface area contributed by atoms with Gasteiger partial charge in [0.2, 0.25) is 0 Å². The number of rotatable bonds is 15. The number of hydrogen-bond donors (Lipinski definition) is 3. The zero-order chi connectivity index (χ0) is 30.9. The fraction of sp³-hybridized carbons (Fsp3) is 0.364. The van der Waals surface area contributed by atoms with E-state index in [0.717, 1.165) is 0 Å². The van der Waals surface area contributed by atoms with Gasteiger partial charge in [0.25, 0.3) is 34.6 Å². The molecule has 2 rings (SSSR count). The van der Waals surface area contributed by atoms with Crippen LogP contribution in [0.5, 0.6) is 0 Å². The number of nitro benzene ring substituents is 4. The highest BCUT2D eigenvalue weighted by Crippen LogP contribution is 2.36. The first kappa shape index (κ1) is 31.6. The van der Waals surface area contributed by atoms with E-state index in [1.54, 1.807) is 13.8 Å². The maximum atomic E-state index is 13.3. The molecule has 0 aromatic heterocycles. The van der Waals surface area contributed by atoms with Gasteiger partial charge in [0.15, 0.2) is 10.4 Å². The van der Waals surface area contributed by atoms with Crippen LogP contribution in [0.3, 0.4) is 0 Å². The third-order valence-corrected chi connectivity index (χ3v) is 5.53. The Morgan fingerprint density at radius 2 is 1.05 bits per heavy atom. The number of nitrogens with one attached hydrogen (secondary N) is 3. The second-order valence-electron chi connectivity index (χ2n) is 8.40. The van der Waals surface area contributed by atoms with Crippen molar-refractivity contribution < 1.29 is 34.2 Å². The smallest absolute Gasteiger partial charge is 0.318 e. The van der Waals surface area contributed by atoms with Crippen LogP contribution in [0.2, 0.25) is 0 Å². The van der Waals surface area contributed by atoms with E-state index in [0.29, 0.717) is 49.9 Å². The number of anilines is 1. The average molecular weight is 577 g/mol. The number of nitrogens with zero attached hydrogens (tertiary/aromatic N) is 5. The average Bonchev–Trinajstić information content (AvgIpc) is 2.91. The maximum Gasteiger partial charge on any atom is 0.318 e. The van der Waals surface area contributed by atoms with Crippen LogP contribution in [-0.2, 0) is 0 Å². The molecule has 0 radical (unpaired) electrons. The second-order valence-corrected chi connectivity index (χ2v) is 8.40. The van der Waals surface area contributed by atoms with E-state index in [-0.39, 0.29) is 18.0 Å². The van der Waals surface area contributed by atoms with Gasteiger partial charge in [-0.25, -0.2) is 0 Å². The van der Waals surface area contributed by atoms with E-state index in [1.165, 1.54) is 0 Å². The number of nitroso groups, excluding NO2 is 1. The molecule has 2 aromatic carbocycles. The summed E-state index contributed by atoms with van der Waals surface area (Å²) in [6.07, 6.45) is 2.18. The lowest BCUT2D eigenvalue weighted by Gasteiger charge is -2.10. The van der Waals surface area contributed by atoms with Crippen LogP contribution in [0.1, 0.15) is 60.2 Å². The molecule has 2 aromatic rings. The molecule has 0 saturated carbocycles. The SMILES string of the molecule is CCCCNC(=O)c1c(N[N+](=O)c2cc([N+](=O)[O-])cc([N+](=O)[O-])c2C(=O)NCCCC)cc([N+](=O)[O-])cc1[N+](=O)[O-]. The standard InChI is InChI=1S/C22H24N8O11/c1-3-5-7-23-21(31)19-15(9-13(27(34)35)11-17(19)29(38)39)25-26(33)16-10-14(28(36)37)12-18(30(40)41)20(16)22(32)24-8-6-4-2/h9-12H,3-8H2,1-2H3,(H2-,23,24,25,31,32,33)/p+1. The van der Waals surface area contributed by atoms with E-state index in [4.69, 9.17) is 0 Å². The van der Waals surface area contributed by atoms with Crippen LogP contribution >= 0.6 is 0 Å². The molecule has 0 saturated heterocycles. The van der Waals surface area contributed by atoms with Gasteiger partial charge in [-0.1, -0.05) is 26.7 Å². The molecule has 2 amide bonds. The number of unbranched alkanes of at least 4 members (excludes halogenated alkanes) is 2. The van der Waals surface area contributed by atoms with Gasteiger partial charge < -0.3 is 10.6 Å². The molecule has 3 N–H and O–H groups in total. The molecule has 0 aliphatic heterocycles. The van der Waals surface area contributed by atoms with Crippen molar-refractivity contribution in [2.75, 3.05) is 18.5 Å². The molecule has 0 heterocycles. The highest BCUT2D eigenvalue weighted by atomic mass is 16.6. The summed E-state index contributed by atoms with van der Waals surface area (Å²) < 4.78 is 0. The molecule has 0 bridgehead atoms. The van der Waals surface area contributed by atoms with Crippen LogP contribution in [-0.4, -0.2) is 49.5 Å². The molecule has 0 unspecified atom stereocenters. The summed E-state index contributed by atoms with van der Waals surface area (Å²) in [5, 5.41) is 51.1. The number of hydrogen-bond acceptors (Lipinski definition) is 11. The summed E-state index contributed by atoms with van der Waals surface area (Å²) in [7, 11) is 0. The van der Waals surface area contributed by atoms with Crippen molar-refractivity contribution in [2.24, 2.45) is 0 Å². The zero-order valence-corrected chi connectivity index (χ0v) is 21.8. The van der Waals surface area contributed by atoms with Gasteiger partial charge in [0.1, 0.15) is 11.3 Å². The predicted molar refractivity (Wildman–Crippen MR) is 141 cm³/mol. The quantitative estimate of drug-likeness (QED) is 0.118. The molecule has 19 nitrogen and oxygen atoms in total. The highest BCUT2D eigenvalue weighted by Gasteiger charge is 2.39. The van der Waals surface area contributed by atoms with Gasteiger partial charge in [-0.2, -0.15) is 0 Å². The van der Waals surface area contributed by atoms with Gasteiger partial charge in [-0.3, -0.25) is 50.0 Å². The van der Waals surface area contributed by atoms with E-state index in [9.17, 15) is 55.0 Å². The summed E-state index contributed by atoms with van der Waals surface area (Å²) >= 11 is 0. The Hall–Kier alpha value is -5.62. The minimum absolute atomic E-state index is 0.0361. The lowest BCUT2D eigenvalue weighted by molar-refractivity contribution is -0.432. The summed E-state index contributed by atoms with van der Waals surface area (Å²) in [5.41, 5.74) is -5.48. The molecular formula is C22H25N8O11+. The normalized spacial score (nSPS) is 10.4. The molecule has 19 heteroatoms.